The van der Waals surface area contributed by atoms with Gasteiger partial charge in [-0.2, -0.15) is 0 Å². The molecule has 0 radical (unpaired) electrons. The highest BCUT2D eigenvalue weighted by Gasteiger charge is 2.28. The van der Waals surface area contributed by atoms with Crippen molar-refractivity contribution in [1.29, 1.82) is 0 Å². The zero-order valence-electron chi connectivity index (χ0n) is 20.1. The second-order valence-corrected chi connectivity index (χ2v) is 11.6. The summed E-state index contributed by atoms with van der Waals surface area (Å²) in [6.45, 7) is 5.40. The van der Waals surface area contributed by atoms with Crippen LogP contribution in [0.2, 0.25) is 15.1 Å². The molecule has 0 aliphatic carbocycles. The van der Waals surface area contributed by atoms with E-state index in [-0.39, 0.29) is 43.8 Å². The van der Waals surface area contributed by atoms with Gasteiger partial charge in [-0.1, -0.05) is 46.9 Å². The van der Waals surface area contributed by atoms with Gasteiger partial charge in [0, 0.05) is 46.2 Å². The molecule has 2 amide bonds. The SMILES string of the molecule is CC(C)NC(=O)[C@H](C)N(Cc1c(Cl)cccc1Cl)C(=O)CCCN(c1cccc(Cl)c1)S(C)(=O)=O. The molecule has 0 fully saturated rings. The first-order chi connectivity index (χ1) is 16.3. The predicted molar refractivity (Wildman–Crippen MR) is 143 cm³/mol. The van der Waals surface area contributed by atoms with Crippen molar-refractivity contribution in [3.05, 3.63) is 63.1 Å². The quantitative estimate of drug-likeness (QED) is 0.411. The van der Waals surface area contributed by atoms with Crippen LogP contribution in [0.4, 0.5) is 5.69 Å². The lowest BCUT2D eigenvalue weighted by molar-refractivity contribution is -0.140. The summed E-state index contributed by atoms with van der Waals surface area (Å²) in [5.41, 5.74) is 0.946. The first-order valence-electron chi connectivity index (χ1n) is 11.1. The Morgan fingerprint density at radius 1 is 1.00 bits per heavy atom. The standard InChI is InChI=1S/C24H30Cl3N3O4S/c1-16(2)28-24(32)17(3)29(15-20-21(26)10-6-11-22(20)27)23(31)12-7-13-30(35(4,33)34)19-9-5-8-18(25)14-19/h5-6,8-11,14,16-17H,7,12-13,15H2,1-4H3,(H,28,32)/t17-/m0/s1. The van der Waals surface area contributed by atoms with E-state index in [4.69, 9.17) is 34.8 Å². The molecule has 2 aromatic rings. The maximum absolute atomic E-state index is 13.3. The Labute approximate surface area is 222 Å². The minimum Gasteiger partial charge on any atom is -0.352 e. The molecule has 0 unspecified atom stereocenters. The minimum atomic E-state index is -3.61. The average Bonchev–Trinajstić information content (AvgIpc) is 2.74. The fourth-order valence-electron chi connectivity index (χ4n) is 3.48. The van der Waals surface area contributed by atoms with Crippen LogP contribution in [0, 0.1) is 0 Å². The molecule has 0 saturated heterocycles. The maximum atomic E-state index is 13.3. The zero-order valence-corrected chi connectivity index (χ0v) is 23.2. The molecular formula is C24H30Cl3N3O4S. The van der Waals surface area contributed by atoms with Crippen molar-refractivity contribution in [2.45, 2.75) is 52.2 Å². The van der Waals surface area contributed by atoms with Gasteiger partial charge in [-0.05, 0) is 57.5 Å². The fourth-order valence-corrected chi connectivity index (χ4v) is 5.14. The number of carbonyl (C=O) groups is 2. The van der Waals surface area contributed by atoms with Crippen LogP contribution < -0.4 is 9.62 Å². The second-order valence-electron chi connectivity index (χ2n) is 8.48. The number of benzene rings is 2. The van der Waals surface area contributed by atoms with E-state index in [0.29, 0.717) is 26.3 Å². The smallest absolute Gasteiger partial charge is 0.242 e. The van der Waals surface area contributed by atoms with Crippen LogP contribution in [-0.2, 0) is 26.2 Å². The summed E-state index contributed by atoms with van der Waals surface area (Å²) < 4.78 is 26.0. The average molecular weight is 563 g/mol. The number of amides is 2. The van der Waals surface area contributed by atoms with Crippen molar-refractivity contribution in [3.63, 3.8) is 0 Å². The summed E-state index contributed by atoms with van der Waals surface area (Å²) in [5.74, 6) is -0.639. The molecular weight excluding hydrogens is 533 g/mol. The molecule has 0 bridgehead atoms. The predicted octanol–water partition coefficient (Wildman–Crippen LogP) is 5.13. The molecule has 7 nitrogen and oxygen atoms in total. The van der Waals surface area contributed by atoms with Crippen molar-refractivity contribution < 1.29 is 18.0 Å². The lowest BCUT2D eigenvalue weighted by Crippen LogP contribution is -2.49. The van der Waals surface area contributed by atoms with Crippen LogP contribution >= 0.6 is 34.8 Å². The largest absolute Gasteiger partial charge is 0.352 e. The molecule has 1 atom stereocenters. The van der Waals surface area contributed by atoms with E-state index in [1.54, 1.807) is 49.4 Å². The van der Waals surface area contributed by atoms with Crippen LogP contribution in [0.15, 0.2) is 42.5 Å². The number of sulfonamides is 1. The Balaban J connectivity index is 2.23. The van der Waals surface area contributed by atoms with Crippen molar-refractivity contribution in [3.8, 4) is 0 Å². The second kappa shape index (κ2) is 12.8. The number of nitrogens with zero attached hydrogens (tertiary/aromatic N) is 2. The summed E-state index contributed by atoms with van der Waals surface area (Å²) in [7, 11) is -3.61. The van der Waals surface area contributed by atoms with Crippen molar-refractivity contribution >= 4 is 62.3 Å². The van der Waals surface area contributed by atoms with Gasteiger partial charge in [0.05, 0.1) is 11.9 Å². The Bertz CT molecular complexity index is 1140. The van der Waals surface area contributed by atoms with Gasteiger partial charge in [0.15, 0.2) is 0 Å². The van der Waals surface area contributed by atoms with Crippen molar-refractivity contribution in [1.82, 2.24) is 10.2 Å². The van der Waals surface area contributed by atoms with Crippen LogP contribution in [0.25, 0.3) is 0 Å². The summed E-state index contributed by atoms with van der Waals surface area (Å²) in [6, 6.07) is 10.6. The van der Waals surface area contributed by atoms with Gasteiger partial charge in [-0.15, -0.1) is 0 Å². The number of nitrogens with one attached hydrogen (secondary N) is 1. The van der Waals surface area contributed by atoms with Gasteiger partial charge in [-0.25, -0.2) is 8.42 Å². The van der Waals surface area contributed by atoms with E-state index in [2.05, 4.69) is 5.32 Å². The van der Waals surface area contributed by atoms with E-state index in [0.717, 1.165) is 6.26 Å². The minimum absolute atomic E-state index is 0.00789. The maximum Gasteiger partial charge on any atom is 0.242 e. The highest BCUT2D eigenvalue weighted by molar-refractivity contribution is 7.92. The Kier molecular flexibility index (Phi) is 10.7. The van der Waals surface area contributed by atoms with Gasteiger partial charge in [-0.3, -0.25) is 13.9 Å². The number of rotatable bonds is 11. The summed E-state index contributed by atoms with van der Waals surface area (Å²) >= 11 is 18.7. The molecule has 0 aliphatic heterocycles. The molecule has 2 rings (SSSR count). The van der Waals surface area contributed by atoms with Gasteiger partial charge >= 0.3 is 0 Å². The lowest BCUT2D eigenvalue weighted by atomic mass is 10.1. The van der Waals surface area contributed by atoms with Crippen LogP contribution in [0.5, 0.6) is 0 Å². The molecule has 2 aromatic carbocycles. The third-order valence-electron chi connectivity index (χ3n) is 5.24. The monoisotopic (exact) mass is 561 g/mol. The molecule has 35 heavy (non-hydrogen) atoms. The van der Waals surface area contributed by atoms with Gasteiger partial charge < -0.3 is 10.2 Å². The highest BCUT2D eigenvalue weighted by atomic mass is 35.5. The third kappa shape index (κ3) is 8.56. The van der Waals surface area contributed by atoms with E-state index in [1.165, 1.54) is 9.21 Å². The van der Waals surface area contributed by atoms with E-state index >= 15 is 0 Å². The van der Waals surface area contributed by atoms with E-state index < -0.39 is 16.1 Å². The highest BCUT2D eigenvalue weighted by Crippen LogP contribution is 2.27. The normalized spacial score (nSPS) is 12.3. The number of hydrogen-bond donors (Lipinski definition) is 1. The third-order valence-corrected chi connectivity index (χ3v) is 7.37. The van der Waals surface area contributed by atoms with Crippen LogP contribution in [-0.4, -0.2) is 50.0 Å². The number of anilines is 1. The molecule has 11 heteroatoms. The van der Waals surface area contributed by atoms with E-state index in [1.807, 2.05) is 13.8 Å². The molecule has 0 spiro atoms. The zero-order chi connectivity index (χ0) is 26.3. The van der Waals surface area contributed by atoms with Gasteiger partial charge in [0.25, 0.3) is 0 Å². The first kappa shape index (κ1) is 29.2. The first-order valence-corrected chi connectivity index (χ1v) is 14.1. The molecule has 0 heterocycles. The van der Waals surface area contributed by atoms with E-state index in [9.17, 15) is 18.0 Å². The lowest BCUT2D eigenvalue weighted by Gasteiger charge is -2.30. The fraction of sp³-hybridized carbons (Fsp3) is 0.417. The number of hydrogen-bond acceptors (Lipinski definition) is 4. The summed E-state index contributed by atoms with van der Waals surface area (Å²) in [6.07, 6.45) is 1.33. The number of halogens is 3. The summed E-state index contributed by atoms with van der Waals surface area (Å²) in [4.78, 5) is 27.4. The summed E-state index contributed by atoms with van der Waals surface area (Å²) in [5, 5.41) is 3.99. The topological polar surface area (TPSA) is 86.8 Å². The van der Waals surface area contributed by atoms with Gasteiger partial charge in [0.1, 0.15) is 6.04 Å². The van der Waals surface area contributed by atoms with Crippen LogP contribution in [0.3, 0.4) is 0 Å². The van der Waals surface area contributed by atoms with Crippen molar-refractivity contribution in [2.24, 2.45) is 0 Å². The van der Waals surface area contributed by atoms with Gasteiger partial charge in [0.2, 0.25) is 21.8 Å². The Morgan fingerprint density at radius 3 is 2.14 bits per heavy atom. The van der Waals surface area contributed by atoms with Crippen molar-refractivity contribution in [2.75, 3.05) is 17.1 Å². The molecule has 0 saturated carbocycles. The van der Waals surface area contributed by atoms with Crippen LogP contribution in [0.1, 0.15) is 39.2 Å². The molecule has 0 aromatic heterocycles. The molecule has 0 aliphatic rings. The molecule has 1 N–H and O–H groups in total. The Hall–Kier alpha value is -2.00. The number of carbonyl (C=O) groups excluding carboxylic acids is 2. The molecule has 192 valence electrons. The Morgan fingerprint density at radius 2 is 1.60 bits per heavy atom.